The van der Waals surface area contributed by atoms with E-state index in [9.17, 15) is 0 Å². The molecule has 0 radical (unpaired) electrons. The molecule has 1 aliphatic carbocycles. The Bertz CT molecular complexity index is 962. The van der Waals surface area contributed by atoms with E-state index in [-0.39, 0.29) is 0 Å². The van der Waals surface area contributed by atoms with E-state index in [1.165, 1.54) is 37.1 Å². The summed E-state index contributed by atoms with van der Waals surface area (Å²) in [5, 5.41) is 11.8. The maximum absolute atomic E-state index is 6.43. The Hall–Kier alpha value is -1.99. The van der Waals surface area contributed by atoms with Gasteiger partial charge in [-0.05, 0) is 25.0 Å². The molecule has 2 fully saturated rings. The molecule has 0 spiro atoms. The van der Waals surface area contributed by atoms with Crippen molar-refractivity contribution < 1.29 is 0 Å². The van der Waals surface area contributed by atoms with Crippen molar-refractivity contribution in [3.05, 3.63) is 34.4 Å². The van der Waals surface area contributed by atoms with Gasteiger partial charge in [-0.25, -0.2) is 9.97 Å². The molecule has 3 heterocycles. The molecule has 1 aromatic carbocycles. The Balaban J connectivity index is 1.28. The van der Waals surface area contributed by atoms with Crippen LogP contribution in [0, 0.1) is 0 Å². The molecule has 2 aromatic heterocycles. The van der Waals surface area contributed by atoms with Gasteiger partial charge in [-0.15, -0.1) is 10.2 Å². The number of benzene rings is 1. The van der Waals surface area contributed by atoms with Gasteiger partial charge in [-0.2, -0.15) is 0 Å². The molecule has 28 heavy (non-hydrogen) atoms. The van der Waals surface area contributed by atoms with Gasteiger partial charge in [0, 0.05) is 32.1 Å². The second kappa shape index (κ2) is 7.79. The zero-order chi connectivity index (χ0) is 18.9. The number of rotatable bonds is 3. The van der Waals surface area contributed by atoms with Crippen LogP contribution in [0.3, 0.4) is 0 Å². The molecule has 0 amide bonds. The summed E-state index contributed by atoms with van der Waals surface area (Å²) in [6.07, 6.45) is 6.55. The maximum Gasteiger partial charge on any atom is 0.208 e. The quantitative estimate of drug-likeness (QED) is 0.628. The van der Waals surface area contributed by atoms with Crippen molar-refractivity contribution in [2.75, 3.05) is 36.0 Å². The molecule has 2 aliphatic rings. The van der Waals surface area contributed by atoms with Gasteiger partial charge in [-0.3, -0.25) is 0 Å². The number of hydrogen-bond acceptors (Lipinski definition) is 7. The van der Waals surface area contributed by atoms with E-state index in [0.717, 1.165) is 48.2 Å². The van der Waals surface area contributed by atoms with E-state index in [4.69, 9.17) is 16.6 Å². The van der Waals surface area contributed by atoms with E-state index < -0.39 is 0 Å². The van der Waals surface area contributed by atoms with E-state index in [1.54, 1.807) is 11.3 Å². The van der Waals surface area contributed by atoms with Crippen molar-refractivity contribution in [3.8, 4) is 0 Å². The zero-order valence-electron chi connectivity index (χ0n) is 15.7. The van der Waals surface area contributed by atoms with Crippen LogP contribution in [0.2, 0.25) is 5.15 Å². The Morgan fingerprint density at radius 2 is 1.54 bits per heavy atom. The van der Waals surface area contributed by atoms with Gasteiger partial charge in [0.05, 0.1) is 11.0 Å². The Morgan fingerprint density at radius 1 is 0.857 bits per heavy atom. The third-order valence-electron chi connectivity index (χ3n) is 5.75. The minimum Gasteiger partial charge on any atom is -0.350 e. The van der Waals surface area contributed by atoms with E-state index in [0.29, 0.717) is 11.1 Å². The number of hydrogen-bond donors (Lipinski definition) is 0. The fourth-order valence-corrected chi connectivity index (χ4v) is 5.47. The number of piperazine rings is 1. The van der Waals surface area contributed by atoms with Gasteiger partial charge in [0.15, 0.2) is 11.0 Å². The molecular weight excluding hydrogens is 392 g/mol. The monoisotopic (exact) mass is 414 g/mol. The van der Waals surface area contributed by atoms with Gasteiger partial charge in [0.25, 0.3) is 0 Å². The molecule has 8 heteroatoms. The lowest BCUT2D eigenvalue weighted by atomic mass is 9.90. The number of anilines is 2. The van der Waals surface area contributed by atoms with Crippen molar-refractivity contribution >= 4 is 44.9 Å². The molecule has 6 nitrogen and oxygen atoms in total. The average molecular weight is 415 g/mol. The van der Waals surface area contributed by atoms with Gasteiger partial charge in [0.2, 0.25) is 5.13 Å². The maximum atomic E-state index is 6.43. The predicted molar refractivity (Wildman–Crippen MR) is 115 cm³/mol. The van der Waals surface area contributed by atoms with Crippen molar-refractivity contribution in [2.45, 2.75) is 38.0 Å². The van der Waals surface area contributed by atoms with Crippen LogP contribution in [0.25, 0.3) is 11.0 Å². The van der Waals surface area contributed by atoms with Crippen LogP contribution in [-0.4, -0.2) is 46.3 Å². The molecule has 1 saturated heterocycles. The molecule has 146 valence electrons. The molecule has 0 unspecified atom stereocenters. The van der Waals surface area contributed by atoms with Crippen LogP contribution in [0.4, 0.5) is 10.9 Å². The molecule has 1 aliphatic heterocycles. The lowest BCUT2D eigenvalue weighted by Crippen LogP contribution is -2.47. The number of nitrogens with zero attached hydrogens (tertiary/aromatic N) is 6. The Labute approximate surface area is 173 Å². The highest BCUT2D eigenvalue weighted by atomic mass is 35.5. The molecule has 3 aromatic rings. The minimum absolute atomic E-state index is 0.475. The van der Waals surface area contributed by atoms with Crippen LogP contribution in [0.1, 0.15) is 43.0 Å². The molecule has 0 bridgehead atoms. The largest absolute Gasteiger partial charge is 0.350 e. The lowest BCUT2D eigenvalue weighted by Gasteiger charge is -2.35. The highest BCUT2D eigenvalue weighted by Gasteiger charge is 2.25. The van der Waals surface area contributed by atoms with Gasteiger partial charge in [0.1, 0.15) is 5.01 Å². The third kappa shape index (κ3) is 3.53. The first kappa shape index (κ1) is 18.1. The molecule has 0 atom stereocenters. The normalized spacial score (nSPS) is 18.8. The highest BCUT2D eigenvalue weighted by molar-refractivity contribution is 7.15. The van der Waals surface area contributed by atoms with Crippen molar-refractivity contribution in [1.82, 2.24) is 20.2 Å². The lowest BCUT2D eigenvalue weighted by molar-refractivity contribution is 0.440. The summed E-state index contributed by atoms with van der Waals surface area (Å²) in [6, 6.07) is 7.85. The Morgan fingerprint density at radius 3 is 2.29 bits per heavy atom. The van der Waals surface area contributed by atoms with Crippen LogP contribution >= 0.6 is 22.9 Å². The van der Waals surface area contributed by atoms with Gasteiger partial charge >= 0.3 is 0 Å². The summed E-state index contributed by atoms with van der Waals surface area (Å²) in [5.74, 6) is 1.40. The van der Waals surface area contributed by atoms with E-state index >= 15 is 0 Å². The number of fused-ring (bicyclic) bond motifs is 1. The third-order valence-corrected chi connectivity index (χ3v) is 7.15. The highest BCUT2D eigenvalue weighted by Crippen LogP contribution is 2.36. The summed E-state index contributed by atoms with van der Waals surface area (Å²) in [4.78, 5) is 13.8. The first-order valence-corrected chi connectivity index (χ1v) is 11.2. The first-order valence-electron chi connectivity index (χ1n) is 10.0. The smallest absolute Gasteiger partial charge is 0.208 e. The molecule has 1 saturated carbocycles. The number of aromatic nitrogens is 4. The molecule has 0 N–H and O–H groups in total. The summed E-state index contributed by atoms with van der Waals surface area (Å²) in [6.45, 7) is 3.49. The topological polar surface area (TPSA) is 58.0 Å². The summed E-state index contributed by atoms with van der Waals surface area (Å²) in [5.41, 5.74) is 1.71. The molecule has 5 rings (SSSR count). The molecular formula is C20H23ClN6S. The van der Waals surface area contributed by atoms with Gasteiger partial charge in [-0.1, -0.05) is 54.3 Å². The van der Waals surface area contributed by atoms with Crippen LogP contribution in [0.5, 0.6) is 0 Å². The van der Waals surface area contributed by atoms with Crippen molar-refractivity contribution in [3.63, 3.8) is 0 Å². The van der Waals surface area contributed by atoms with E-state index in [1.807, 2.05) is 24.3 Å². The standard InChI is InChI=1S/C20H23ClN6S/c21-17-18(23-16-9-5-4-8-15(16)22-17)26-10-12-27(13-11-26)20-25-24-19(28-20)14-6-2-1-3-7-14/h4-5,8-9,14H,1-3,6-7,10-13H2. The Kier molecular flexibility index (Phi) is 5.03. The second-order valence-electron chi connectivity index (χ2n) is 7.56. The van der Waals surface area contributed by atoms with E-state index in [2.05, 4.69) is 25.0 Å². The predicted octanol–water partition coefficient (Wildman–Crippen LogP) is 4.51. The average Bonchev–Trinajstić information content (AvgIpc) is 3.24. The minimum atomic E-state index is 0.475. The fourth-order valence-electron chi connectivity index (χ4n) is 4.15. The van der Waals surface area contributed by atoms with Crippen LogP contribution in [-0.2, 0) is 0 Å². The second-order valence-corrected chi connectivity index (χ2v) is 8.90. The zero-order valence-corrected chi connectivity index (χ0v) is 17.3. The summed E-state index contributed by atoms with van der Waals surface area (Å²) in [7, 11) is 0. The number of para-hydroxylation sites is 2. The number of halogens is 1. The van der Waals surface area contributed by atoms with Crippen LogP contribution in [0.15, 0.2) is 24.3 Å². The van der Waals surface area contributed by atoms with Crippen LogP contribution < -0.4 is 9.80 Å². The van der Waals surface area contributed by atoms with Crippen molar-refractivity contribution in [1.29, 1.82) is 0 Å². The van der Waals surface area contributed by atoms with Gasteiger partial charge < -0.3 is 9.80 Å². The SMILES string of the molecule is Clc1nc2ccccc2nc1N1CCN(c2nnc(C3CCCCC3)s2)CC1. The fraction of sp³-hybridized carbons (Fsp3) is 0.500. The summed E-state index contributed by atoms with van der Waals surface area (Å²) >= 11 is 8.21. The first-order chi connectivity index (χ1) is 13.8. The van der Waals surface area contributed by atoms with Crippen molar-refractivity contribution in [2.24, 2.45) is 0 Å². The summed E-state index contributed by atoms with van der Waals surface area (Å²) < 4.78 is 0.